The van der Waals surface area contributed by atoms with Crippen LogP contribution in [-0.4, -0.2) is 30.7 Å². The molecule has 0 aromatic carbocycles. The molecule has 1 aliphatic rings. The number of allylic oxidation sites excluding steroid dienone is 2. The zero-order valence-electron chi connectivity index (χ0n) is 12.3. The van der Waals surface area contributed by atoms with Gasteiger partial charge in [0.2, 0.25) is 0 Å². The number of nitrogens with zero attached hydrogens (tertiary/aromatic N) is 2. The molecule has 108 valence electrons. The van der Waals surface area contributed by atoms with Gasteiger partial charge in [-0.15, -0.1) is 0 Å². The zero-order valence-corrected chi connectivity index (χ0v) is 13.2. The summed E-state index contributed by atoms with van der Waals surface area (Å²) in [4.78, 5) is 1.96. The maximum absolute atomic E-state index is 12.9. The molecule has 1 rings (SSSR count). The van der Waals surface area contributed by atoms with E-state index in [4.69, 9.17) is 9.05 Å². The van der Waals surface area contributed by atoms with E-state index in [0.717, 1.165) is 25.1 Å². The lowest BCUT2D eigenvalue weighted by Gasteiger charge is -2.24. The Morgan fingerprint density at radius 3 is 2.16 bits per heavy atom. The molecule has 0 aromatic rings. The molecular weight excluding hydrogens is 263 g/mol. The molecule has 0 saturated carbocycles. The zero-order chi connectivity index (χ0) is 14.6. The first-order valence-electron chi connectivity index (χ1n) is 6.62. The number of likely N-dealkylation sites (tertiary alicyclic amines) is 1. The maximum atomic E-state index is 12.9. The van der Waals surface area contributed by atoms with E-state index in [2.05, 4.69) is 6.07 Å². The van der Waals surface area contributed by atoms with Gasteiger partial charge >= 0.3 is 7.60 Å². The van der Waals surface area contributed by atoms with Gasteiger partial charge in [-0.25, -0.2) is 0 Å². The van der Waals surface area contributed by atoms with Crippen LogP contribution in [-0.2, 0) is 13.6 Å². The third-order valence-electron chi connectivity index (χ3n) is 2.72. The van der Waals surface area contributed by atoms with E-state index in [1.807, 2.05) is 11.9 Å². The minimum Gasteiger partial charge on any atom is -0.377 e. The molecule has 0 bridgehead atoms. The minimum atomic E-state index is -3.55. The summed E-state index contributed by atoms with van der Waals surface area (Å²) in [6.07, 6.45) is 1.17. The van der Waals surface area contributed by atoms with Crippen LogP contribution in [0.5, 0.6) is 0 Å². The minimum absolute atomic E-state index is 0.162. The second kappa shape index (κ2) is 6.56. The molecule has 1 fully saturated rings. The van der Waals surface area contributed by atoms with Crippen molar-refractivity contribution in [2.45, 2.75) is 52.7 Å². The fourth-order valence-electron chi connectivity index (χ4n) is 2.08. The van der Waals surface area contributed by atoms with Crippen LogP contribution in [0.15, 0.2) is 11.0 Å². The predicted molar refractivity (Wildman–Crippen MR) is 74.6 cm³/mol. The van der Waals surface area contributed by atoms with Crippen molar-refractivity contribution in [3.8, 4) is 6.07 Å². The predicted octanol–water partition coefficient (Wildman–Crippen LogP) is 3.49. The maximum Gasteiger partial charge on any atom is 0.374 e. The van der Waals surface area contributed by atoms with Crippen molar-refractivity contribution < 1.29 is 13.6 Å². The molecular formula is C13H23N2O3P. The van der Waals surface area contributed by atoms with Crippen LogP contribution in [0.25, 0.3) is 0 Å². The van der Waals surface area contributed by atoms with Crippen LogP contribution in [0.3, 0.4) is 0 Å². The summed E-state index contributed by atoms with van der Waals surface area (Å²) in [7, 11) is -1.65. The standard InChI is InChI=1S/C13H23N2O3P/c1-10(2)17-19(16,18-11(3)4)13(9-14)12-7-6-8-15(12)5/h10-11H,6-8H2,1-5H3/b13-12+. The van der Waals surface area contributed by atoms with E-state index in [1.54, 1.807) is 27.7 Å². The summed E-state index contributed by atoms with van der Waals surface area (Å²) in [6, 6.07) is 2.05. The van der Waals surface area contributed by atoms with Gasteiger partial charge in [0.1, 0.15) is 6.07 Å². The van der Waals surface area contributed by atoms with Gasteiger partial charge in [0.25, 0.3) is 0 Å². The average molecular weight is 286 g/mol. The van der Waals surface area contributed by atoms with E-state index in [9.17, 15) is 9.83 Å². The Morgan fingerprint density at radius 1 is 1.32 bits per heavy atom. The molecule has 0 aliphatic carbocycles. The van der Waals surface area contributed by atoms with Gasteiger partial charge in [-0.2, -0.15) is 5.26 Å². The monoisotopic (exact) mass is 286 g/mol. The van der Waals surface area contributed by atoms with E-state index in [-0.39, 0.29) is 17.5 Å². The Balaban J connectivity index is 3.22. The van der Waals surface area contributed by atoms with Crippen molar-refractivity contribution in [2.75, 3.05) is 13.6 Å². The first-order valence-corrected chi connectivity index (χ1v) is 8.16. The number of rotatable bonds is 5. The van der Waals surface area contributed by atoms with Gasteiger partial charge < -0.3 is 13.9 Å². The van der Waals surface area contributed by atoms with Crippen LogP contribution in [0.1, 0.15) is 40.5 Å². The fraction of sp³-hybridized carbons (Fsp3) is 0.769. The number of hydrogen-bond acceptors (Lipinski definition) is 5. The van der Waals surface area contributed by atoms with Crippen molar-refractivity contribution >= 4 is 7.60 Å². The first kappa shape index (κ1) is 16.2. The fourth-order valence-corrected chi connectivity index (χ4v) is 4.17. The van der Waals surface area contributed by atoms with Crippen LogP contribution < -0.4 is 0 Å². The quantitative estimate of drug-likeness (QED) is 0.572. The molecule has 1 aliphatic heterocycles. The molecule has 0 N–H and O–H groups in total. The van der Waals surface area contributed by atoms with Gasteiger partial charge in [0.05, 0.1) is 12.2 Å². The van der Waals surface area contributed by atoms with Gasteiger partial charge in [0.15, 0.2) is 5.31 Å². The summed E-state index contributed by atoms with van der Waals surface area (Å²) in [5, 5.41) is 9.56. The lowest BCUT2D eigenvalue weighted by atomic mass is 10.3. The molecule has 0 atom stereocenters. The van der Waals surface area contributed by atoms with Crippen LogP contribution in [0, 0.1) is 11.3 Å². The Labute approximate surface area is 115 Å². The summed E-state index contributed by atoms with van der Waals surface area (Å²) < 4.78 is 23.9. The SMILES string of the molecule is CC(C)OP(=O)(OC(C)C)/C(C#N)=C1\CCCN1C. The smallest absolute Gasteiger partial charge is 0.374 e. The largest absolute Gasteiger partial charge is 0.377 e. The molecule has 0 unspecified atom stereocenters. The van der Waals surface area contributed by atoms with E-state index in [0.29, 0.717) is 0 Å². The van der Waals surface area contributed by atoms with Crippen LogP contribution in [0.2, 0.25) is 0 Å². The lowest BCUT2D eigenvalue weighted by Crippen LogP contribution is -2.15. The Bertz CT molecular complexity index is 424. The molecule has 0 radical (unpaired) electrons. The second-order valence-electron chi connectivity index (χ2n) is 5.24. The van der Waals surface area contributed by atoms with Gasteiger partial charge in [0, 0.05) is 19.3 Å². The topological polar surface area (TPSA) is 62.6 Å². The number of nitriles is 1. The molecule has 0 aromatic heterocycles. The molecule has 5 nitrogen and oxygen atoms in total. The van der Waals surface area contributed by atoms with Gasteiger partial charge in [-0.3, -0.25) is 4.57 Å². The van der Waals surface area contributed by atoms with Gasteiger partial charge in [-0.1, -0.05) is 0 Å². The lowest BCUT2D eigenvalue weighted by molar-refractivity contribution is 0.147. The van der Waals surface area contributed by atoms with Crippen molar-refractivity contribution in [1.82, 2.24) is 4.90 Å². The van der Waals surface area contributed by atoms with E-state index in [1.165, 1.54) is 0 Å². The molecule has 1 saturated heterocycles. The van der Waals surface area contributed by atoms with E-state index >= 15 is 0 Å². The highest BCUT2D eigenvalue weighted by molar-refractivity contribution is 7.59. The normalized spacial score (nSPS) is 19.2. The highest BCUT2D eigenvalue weighted by Gasteiger charge is 2.37. The highest BCUT2D eigenvalue weighted by Crippen LogP contribution is 2.59. The molecule has 0 spiro atoms. The first-order chi connectivity index (χ1) is 8.80. The second-order valence-corrected chi connectivity index (χ2v) is 7.10. The molecule has 0 amide bonds. The Morgan fingerprint density at radius 2 is 1.84 bits per heavy atom. The van der Waals surface area contributed by atoms with Crippen molar-refractivity contribution in [3.05, 3.63) is 11.0 Å². The number of hydrogen-bond donors (Lipinski definition) is 0. The molecule has 6 heteroatoms. The average Bonchev–Trinajstić information content (AvgIpc) is 2.63. The third-order valence-corrected chi connectivity index (χ3v) is 5.02. The van der Waals surface area contributed by atoms with E-state index < -0.39 is 7.60 Å². The summed E-state index contributed by atoms with van der Waals surface area (Å²) in [5.74, 6) is 0. The molecule has 19 heavy (non-hydrogen) atoms. The Hall–Kier alpha value is -0.820. The highest BCUT2D eigenvalue weighted by atomic mass is 31.2. The van der Waals surface area contributed by atoms with Crippen molar-refractivity contribution in [3.63, 3.8) is 0 Å². The Kier molecular flexibility index (Phi) is 5.61. The van der Waals surface area contributed by atoms with Crippen molar-refractivity contribution in [1.29, 1.82) is 5.26 Å². The van der Waals surface area contributed by atoms with Gasteiger partial charge in [-0.05, 0) is 40.5 Å². The third kappa shape index (κ3) is 4.07. The molecule has 1 heterocycles. The summed E-state index contributed by atoms with van der Waals surface area (Å²) in [5.41, 5.74) is 0.784. The van der Waals surface area contributed by atoms with Crippen LogP contribution in [0.4, 0.5) is 0 Å². The summed E-state index contributed by atoms with van der Waals surface area (Å²) in [6.45, 7) is 8.01. The van der Waals surface area contributed by atoms with Crippen molar-refractivity contribution in [2.24, 2.45) is 0 Å². The van der Waals surface area contributed by atoms with Crippen LogP contribution >= 0.6 is 7.60 Å². The summed E-state index contributed by atoms with van der Waals surface area (Å²) >= 11 is 0.